The molecule has 0 N–H and O–H groups in total. The predicted octanol–water partition coefficient (Wildman–Crippen LogP) is 4.79. The van der Waals surface area contributed by atoms with Gasteiger partial charge in [0.15, 0.2) is 0 Å². The summed E-state index contributed by atoms with van der Waals surface area (Å²) in [5.41, 5.74) is 5.99. The summed E-state index contributed by atoms with van der Waals surface area (Å²) in [6.45, 7) is 6.64. The van der Waals surface area contributed by atoms with Crippen LogP contribution in [0.5, 0.6) is 0 Å². The van der Waals surface area contributed by atoms with Crippen LogP contribution >= 0.6 is 0 Å². The molecule has 1 aromatic rings. The maximum absolute atomic E-state index is 2.36. The van der Waals surface area contributed by atoms with Crippen LogP contribution < -0.4 is 0 Å². The van der Waals surface area contributed by atoms with Crippen molar-refractivity contribution in [3.8, 4) is 0 Å². The molecule has 0 bridgehead atoms. The molecule has 0 nitrogen and oxygen atoms in total. The molecule has 0 aromatic heterocycles. The van der Waals surface area contributed by atoms with Crippen LogP contribution in [0, 0.1) is 5.92 Å². The molecule has 1 unspecified atom stereocenters. The Balaban J connectivity index is 2.39. The molecule has 1 atom stereocenters. The highest BCUT2D eigenvalue weighted by Crippen LogP contribution is 2.31. The summed E-state index contributed by atoms with van der Waals surface area (Å²) in [5, 5.41) is 0. The van der Waals surface area contributed by atoms with E-state index in [1.165, 1.54) is 30.4 Å². The lowest BCUT2D eigenvalue weighted by molar-refractivity contribution is 0.500. The van der Waals surface area contributed by atoms with Crippen LogP contribution in [-0.2, 0) is 12.8 Å². The Morgan fingerprint density at radius 3 is 2.94 bits per heavy atom. The highest BCUT2D eigenvalue weighted by molar-refractivity contribution is 5.69. The van der Waals surface area contributed by atoms with E-state index in [1.807, 2.05) is 0 Å². The molecule has 0 heteroatoms. The molecule has 0 saturated carbocycles. The van der Waals surface area contributed by atoms with Crippen LogP contribution in [0.2, 0.25) is 0 Å². The highest BCUT2D eigenvalue weighted by atomic mass is 14.2. The van der Waals surface area contributed by atoms with Gasteiger partial charge in [-0.3, -0.25) is 0 Å². The van der Waals surface area contributed by atoms with Gasteiger partial charge in [0, 0.05) is 0 Å². The molecule has 1 aliphatic rings. The normalized spacial score (nSPS) is 20.6. The summed E-state index contributed by atoms with van der Waals surface area (Å²) in [6.07, 6.45) is 10.3. The van der Waals surface area contributed by atoms with Crippen molar-refractivity contribution in [3.05, 3.63) is 53.1 Å². The first-order chi connectivity index (χ1) is 8.22. The minimum absolute atomic E-state index is 0.845. The average molecular weight is 226 g/mol. The average Bonchev–Trinajstić information content (AvgIpc) is 2.34. The Morgan fingerprint density at radius 1 is 1.35 bits per heavy atom. The minimum Gasteiger partial charge on any atom is -0.0877 e. The zero-order valence-corrected chi connectivity index (χ0v) is 11.2. The minimum atomic E-state index is 0.845. The van der Waals surface area contributed by atoms with E-state index in [-0.39, 0.29) is 0 Å². The fraction of sp³-hybridized carbons (Fsp3) is 0.412. The van der Waals surface area contributed by atoms with Crippen molar-refractivity contribution in [2.75, 3.05) is 0 Å². The molecule has 0 fully saturated rings. The summed E-state index contributed by atoms with van der Waals surface area (Å²) in [5.74, 6) is 0.845. The SMILES string of the molecule is CC=CC=C(C)c1cccc2c1CCC(C)C2. The number of allylic oxidation sites excluding steroid dienone is 4. The first-order valence-electron chi connectivity index (χ1n) is 6.63. The molecule has 90 valence electrons. The predicted molar refractivity (Wildman–Crippen MR) is 76.1 cm³/mol. The molecule has 0 saturated heterocycles. The quantitative estimate of drug-likeness (QED) is 0.636. The molecule has 17 heavy (non-hydrogen) atoms. The third kappa shape index (κ3) is 2.69. The molecular weight excluding hydrogens is 204 g/mol. The maximum Gasteiger partial charge on any atom is -0.0192 e. The van der Waals surface area contributed by atoms with E-state index in [0.29, 0.717) is 0 Å². The van der Waals surface area contributed by atoms with E-state index < -0.39 is 0 Å². The van der Waals surface area contributed by atoms with Crippen molar-refractivity contribution in [2.45, 2.75) is 40.0 Å². The van der Waals surface area contributed by atoms with E-state index in [9.17, 15) is 0 Å². The molecule has 0 heterocycles. The Morgan fingerprint density at radius 2 is 2.18 bits per heavy atom. The van der Waals surface area contributed by atoms with Gasteiger partial charge in [-0.2, -0.15) is 0 Å². The van der Waals surface area contributed by atoms with Crippen LogP contribution in [0.1, 0.15) is 43.9 Å². The van der Waals surface area contributed by atoms with Crippen LogP contribution in [0.4, 0.5) is 0 Å². The van der Waals surface area contributed by atoms with Crippen molar-refractivity contribution in [1.29, 1.82) is 0 Å². The van der Waals surface area contributed by atoms with E-state index in [0.717, 1.165) is 5.92 Å². The van der Waals surface area contributed by atoms with Crippen molar-refractivity contribution in [2.24, 2.45) is 5.92 Å². The van der Waals surface area contributed by atoms with Gasteiger partial charge in [-0.25, -0.2) is 0 Å². The monoisotopic (exact) mass is 226 g/mol. The second kappa shape index (κ2) is 5.35. The number of benzene rings is 1. The lowest BCUT2D eigenvalue weighted by Crippen LogP contribution is -2.12. The third-order valence-electron chi connectivity index (χ3n) is 3.69. The number of hydrogen-bond acceptors (Lipinski definition) is 0. The molecule has 0 radical (unpaired) electrons. The first-order valence-corrected chi connectivity index (χ1v) is 6.63. The Labute approximate surface area is 105 Å². The van der Waals surface area contributed by atoms with E-state index >= 15 is 0 Å². The number of hydrogen-bond donors (Lipinski definition) is 0. The van der Waals surface area contributed by atoms with Crippen molar-refractivity contribution >= 4 is 5.57 Å². The van der Waals surface area contributed by atoms with Crippen LogP contribution in [0.25, 0.3) is 5.57 Å². The molecule has 0 amide bonds. The van der Waals surface area contributed by atoms with Gasteiger partial charge in [-0.05, 0) is 61.3 Å². The fourth-order valence-electron chi connectivity index (χ4n) is 2.69. The van der Waals surface area contributed by atoms with Gasteiger partial charge in [-0.15, -0.1) is 0 Å². The smallest absolute Gasteiger partial charge is 0.0192 e. The first kappa shape index (κ1) is 12.2. The van der Waals surface area contributed by atoms with E-state index in [1.54, 1.807) is 11.1 Å². The number of rotatable bonds is 2. The van der Waals surface area contributed by atoms with Crippen LogP contribution in [-0.4, -0.2) is 0 Å². The van der Waals surface area contributed by atoms with E-state index in [4.69, 9.17) is 0 Å². The Hall–Kier alpha value is -1.30. The van der Waals surface area contributed by atoms with E-state index in [2.05, 4.69) is 57.2 Å². The summed E-state index contributed by atoms with van der Waals surface area (Å²) >= 11 is 0. The molecule has 1 aliphatic carbocycles. The topological polar surface area (TPSA) is 0 Å². The molecule has 1 aromatic carbocycles. The van der Waals surface area contributed by atoms with Crippen LogP contribution in [0.3, 0.4) is 0 Å². The zero-order valence-electron chi connectivity index (χ0n) is 11.2. The van der Waals surface area contributed by atoms with Crippen LogP contribution in [0.15, 0.2) is 36.4 Å². The largest absolute Gasteiger partial charge is 0.0877 e. The summed E-state index contributed by atoms with van der Waals surface area (Å²) in [7, 11) is 0. The van der Waals surface area contributed by atoms with Gasteiger partial charge in [-0.1, -0.05) is 43.4 Å². The molecule has 0 spiro atoms. The van der Waals surface area contributed by atoms with Gasteiger partial charge in [0.25, 0.3) is 0 Å². The summed E-state index contributed by atoms with van der Waals surface area (Å²) in [4.78, 5) is 0. The fourth-order valence-corrected chi connectivity index (χ4v) is 2.69. The van der Waals surface area contributed by atoms with Gasteiger partial charge in [0.05, 0.1) is 0 Å². The van der Waals surface area contributed by atoms with Crippen molar-refractivity contribution in [3.63, 3.8) is 0 Å². The summed E-state index contributed by atoms with van der Waals surface area (Å²) in [6, 6.07) is 6.78. The second-order valence-electron chi connectivity index (χ2n) is 5.17. The Kier molecular flexibility index (Phi) is 3.83. The van der Waals surface area contributed by atoms with Gasteiger partial charge < -0.3 is 0 Å². The molecular formula is C17H22. The number of fused-ring (bicyclic) bond motifs is 1. The van der Waals surface area contributed by atoms with Gasteiger partial charge in [0.2, 0.25) is 0 Å². The molecule has 0 aliphatic heterocycles. The summed E-state index contributed by atoms with van der Waals surface area (Å²) < 4.78 is 0. The standard InChI is InChI=1S/C17H22/c1-4-5-7-14(3)16-9-6-8-15-12-13(2)10-11-17(15)16/h4-9,13H,10-12H2,1-3H3. The third-order valence-corrected chi connectivity index (χ3v) is 3.69. The highest BCUT2D eigenvalue weighted by Gasteiger charge is 2.17. The van der Waals surface area contributed by atoms with Crippen molar-refractivity contribution < 1.29 is 0 Å². The maximum atomic E-state index is 2.36. The molecule has 2 rings (SSSR count). The lowest BCUT2D eigenvalue weighted by Gasteiger charge is -2.24. The zero-order chi connectivity index (χ0) is 12.3. The van der Waals surface area contributed by atoms with Gasteiger partial charge in [0.1, 0.15) is 0 Å². The Bertz CT molecular complexity index is 449. The van der Waals surface area contributed by atoms with Gasteiger partial charge >= 0.3 is 0 Å². The lowest BCUT2D eigenvalue weighted by atomic mass is 9.81. The van der Waals surface area contributed by atoms with Crippen molar-refractivity contribution in [1.82, 2.24) is 0 Å². The second-order valence-corrected chi connectivity index (χ2v) is 5.17.